The average Bonchev–Trinajstić information content (AvgIpc) is 3.01. The molecule has 47 heavy (non-hydrogen) atoms. The molecule has 1 fully saturated rings. The third kappa shape index (κ3) is 13.8. The first kappa shape index (κ1) is 41.8. The van der Waals surface area contributed by atoms with Gasteiger partial charge in [-0.3, -0.25) is 28.8 Å². The highest BCUT2D eigenvalue weighted by atomic mass is 16.5. The van der Waals surface area contributed by atoms with E-state index in [1.165, 1.54) is 18.9 Å². The standard InChI is InChI=1S/C33H59N5O9/c1-9-10-11-12-13-14-15-25-21(6)33(46)38(8)24(16-19(2)3)30(43)36-27(20(4)5)32(45)35-23(18-39)29(42)37-28(22(7)40)31(44)34-17-26(41)47-25/h19-25,27-28,39-40H,9-18H2,1-8H3,(H,34,44)(H,35,45)(H,36,43)(H,37,42)/t21-,22+,23-,24+,25-,27+,28-/m1/s1. The van der Waals surface area contributed by atoms with Gasteiger partial charge in [-0.1, -0.05) is 73.6 Å². The number of aliphatic hydroxyl groups is 2. The topological polar surface area (TPSA) is 203 Å². The molecule has 0 aromatic carbocycles. The predicted octanol–water partition coefficient (Wildman–Crippen LogP) is 0.771. The maximum atomic E-state index is 13.9. The molecule has 0 spiro atoms. The largest absolute Gasteiger partial charge is 0.460 e. The van der Waals surface area contributed by atoms with Gasteiger partial charge in [0.05, 0.1) is 18.6 Å². The second kappa shape index (κ2) is 20.9. The van der Waals surface area contributed by atoms with Crippen molar-refractivity contribution in [2.45, 2.75) is 136 Å². The van der Waals surface area contributed by atoms with E-state index in [-0.39, 0.29) is 12.3 Å². The van der Waals surface area contributed by atoms with Gasteiger partial charge in [0, 0.05) is 7.05 Å². The first-order chi connectivity index (χ1) is 22.0. The summed E-state index contributed by atoms with van der Waals surface area (Å²) < 4.78 is 5.74. The summed E-state index contributed by atoms with van der Waals surface area (Å²) in [5, 5.41) is 29.9. The van der Waals surface area contributed by atoms with Gasteiger partial charge >= 0.3 is 5.97 Å². The van der Waals surface area contributed by atoms with E-state index in [9.17, 15) is 39.0 Å². The van der Waals surface area contributed by atoms with Crippen molar-refractivity contribution in [1.82, 2.24) is 26.2 Å². The Bertz CT molecular complexity index is 1050. The highest BCUT2D eigenvalue weighted by Crippen LogP contribution is 2.22. The molecule has 0 saturated carbocycles. The van der Waals surface area contributed by atoms with Crippen LogP contribution in [0.2, 0.25) is 0 Å². The van der Waals surface area contributed by atoms with Crippen molar-refractivity contribution in [2.75, 3.05) is 20.2 Å². The van der Waals surface area contributed by atoms with Crippen molar-refractivity contribution in [3.63, 3.8) is 0 Å². The lowest BCUT2D eigenvalue weighted by Crippen LogP contribution is -2.61. The van der Waals surface area contributed by atoms with Gasteiger partial charge in [-0.2, -0.15) is 0 Å². The van der Waals surface area contributed by atoms with Crippen LogP contribution in [0, 0.1) is 17.8 Å². The molecule has 7 atom stereocenters. The Morgan fingerprint density at radius 1 is 0.830 bits per heavy atom. The number of carbonyl (C=O) groups excluding carboxylic acids is 6. The molecule has 0 bridgehead atoms. The zero-order valence-corrected chi connectivity index (χ0v) is 29.5. The van der Waals surface area contributed by atoms with Gasteiger partial charge in [-0.15, -0.1) is 0 Å². The molecule has 1 saturated heterocycles. The summed E-state index contributed by atoms with van der Waals surface area (Å²) in [6.45, 7) is 10.8. The number of carbonyl (C=O) groups is 6. The van der Waals surface area contributed by atoms with Crippen molar-refractivity contribution in [3.05, 3.63) is 0 Å². The van der Waals surface area contributed by atoms with Gasteiger partial charge in [-0.05, 0) is 38.0 Å². The summed E-state index contributed by atoms with van der Waals surface area (Å²) >= 11 is 0. The molecular weight excluding hydrogens is 610 g/mol. The molecule has 1 aliphatic rings. The number of ether oxygens (including phenoxy) is 1. The number of aliphatic hydroxyl groups excluding tert-OH is 2. The van der Waals surface area contributed by atoms with Crippen LogP contribution in [-0.4, -0.2) is 107 Å². The Kier molecular flexibility index (Phi) is 18.5. The fourth-order valence-corrected chi connectivity index (χ4v) is 5.44. The van der Waals surface area contributed by atoms with E-state index in [1.54, 1.807) is 20.8 Å². The van der Waals surface area contributed by atoms with Crippen molar-refractivity contribution >= 4 is 35.5 Å². The number of hydrogen-bond acceptors (Lipinski definition) is 9. The Labute approximate surface area is 279 Å². The van der Waals surface area contributed by atoms with Crippen LogP contribution in [0.4, 0.5) is 0 Å². The minimum atomic E-state index is -1.53. The van der Waals surface area contributed by atoms with E-state index in [4.69, 9.17) is 4.74 Å². The highest BCUT2D eigenvalue weighted by molar-refractivity contribution is 5.96. The second-order valence-corrected chi connectivity index (χ2v) is 13.4. The number of amides is 5. The summed E-state index contributed by atoms with van der Waals surface area (Å²) in [5.74, 6) is -5.74. The van der Waals surface area contributed by atoms with E-state index >= 15 is 0 Å². The summed E-state index contributed by atoms with van der Waals surface area (Å²) in [6, 6.07) is -5.16. The van der Waals surface area contributed by atoms with Gasteiger partial charge in [0.15, 0.2) is 0 Å². The third-order valence-corrected chi connectivity index (χ3v) is 8.42. The maximum Gasteiger partial charge on any atom is 0.325 e. The molecular formula is C33H59N5O9. The summed E-state index contributed by atoms with van der Waals surface area (Å²) in [5.41, 5.74) is 0. The van der Waals surface area contributed by atoms with Crippen molar-refractivity contribution in [1.29, 1.82) is 0 Å². The second-order valence-electron chi connectivity index (χ2n) is 13.4. The minimum Gasteiger partial charge on any atom is -0.460 e. The summed E-state index contributed by atoms with van der Waals surface area (Å²) in [7, 11) is 1.50. The van der Waals surface area contributed by atoms with Gasteiger partial charge in [-0.25, -0.2) is 0 Å². The summed E-state index contributed by atoms with van der Waals surface area (Å²) in [4.78, 5) is 81.2. The lowest BCUT2D eigenvalue weighted by Gasteiger charge is -2.34. The molecule has 14 heteroatoms. The molecule has 0 aromatic heterocycles. The summed E-state index contributed by atoms with van der Waals surface area (Å²) in [6.07, 6.45) is 4.27. The molecule has 1 rings (SSSR count). The van der Waals surface area contributed by atoms with Crippen LogP contribution in [0.15, 0.2) is 0 Å². The van der Waals surface area contributed by atoms with Crippen molar-refractivity contribution < 1.29 is 43.7 Å². The van der Waals surface area contributed by atoms with Crippen LogP contribution >= 0.6 is 0 Å². The van der Waals surface area contributed by atoms with Crippen molar-refractivity contribution in [3.8, 4) is 0 Å². The number of esters is 1. The van der Waals surface area contributed by atoms with E-state index in [0.717, 1.165) is 32.1 Å². The van der Waals surface area contributed by atoms with Crippen molar-refractivity contribution in [2.24, 2.45) is 17.8 Å². The molecule has 270 valence electrons. The molecule has 0 radical (unpaired) electrons. The molecule has 0 aromatic rings. The van der Waals surface area contributed by atoms with Crippen LogP contribution in [0.1, 0.15) is 99.8 Å². The normalized spacial score (nSPS) is 26.9. The Balaban J connectivity index is 3.53. The van der Waals surface area contributed by atoms with Gasteiger partial charge < -0.3 is 41.1 Å². The lowest BCUT2D eigenvalue weighted by atomic mass is 9.94. The van der Waals surface area contributed by atoms with Crippen LogP contribution in [0.25, 0.3) is 0 Å². The molecule has 1 heterocycles. The Morgan fingerprint density at radius 2 is 1.43 bits per heavy atom. The molecule has 6 N–H and O–H groups in total. The predicted molar refractivity (Wildman–Crippen MR) is 175 cm³/mol. The first-order valence-corrected chi connectivity index (χ1v) is 17.0. The van der Waals surface area contributed by atoms with Gasteiger partial charge in [0.25, 0.3) is 0 Å². The number of hydrogen-bond donors (Lipinski definition) is 6. The molecule has 14 nitrogen and oxygen atoms in total. The monoisotopic (exact) mass is 669 g/mol. The fourth-order valence-electron chi connectivity index (χ4n) is 5.44. The van der Waals surface area contributed by atoms with E-state index in [1.807, 2.05) is 13.8 Å². The smallest absolute Gasteiger partial charge is 0.325 e. The number of unbranched alkanes of at least 4 members (excludes halogenated alkanes) is 5. The van der Waals surface area contributed by atoms with Gasteiger partial charge in [0.1, 0.15) is 36.8 Å². The maximum absolute atomic E-state index is 13.9. The molecule has 5 amide bonds. The number of nitrogens with zero attached hydrogens (tertiary/aromatic N) is 1. The van der Waals surface area contributed by atoms with Crippen LogP contribution < -0.4 is 21.3 Å². The van der Waals surface area contributed by atoms with E-state index in [2.05, 4.69) is 28.2 Å². The van der Waals surface area contributed by atoms with E-state index < -0.39 is 96.9 Å². The Morgan fingerprint density at radius 3 is 1.98 bits per heavy atom. The van der Waals surface area contributed by atoms with Gasteiger partial charge in [0.2, 0.25) is 29.5 Å². The number of likely N-dealkylation sites (N-methyl/N-ethyl adjacent to an activating group) is 1. The number of cyclic esters (lactones) is 1. The van der Waals surface area contributed by atoms with Crippen LogP contribution in [-0.2, 0) is 33.5 Å². The van der Waals surface area contributed by atoms with Crippen LogP contribution in [0.3, 0.4) is 0 Å². The highest BCUT2D eigenvalue weighted by Gasteiger charge is 2.38. The molecule has 0 aliphatic carbocycles. The van der Waals surface area contributed by atoms with Crippen LogP contribution in [0.5, 0.6) is 0 Å². The lowest BCUT2D eigenvalue weighted by molar-refractivity contribution is -0.157. The minimum absolute atomic E-state index is 0.00562. The number of nitrogens with one attached hydrogen (secondary N) is 4. The number of rotatable bonds is 12. The van der Waals surface area contributed by atoms with E-state index in [0.29, 0.717) is 12.8 Å². The first-order valence-electron chi connectivity index (χ1n) is 17.0. The Hall–Kier alpha value is -3.26. The SMILES string of the molecule is CCCCCCCC[C@H]1OC(=O)CNC(=O)[C@@H]([C@H](C)O)NC(=O)[C@@H](CO)NC(=O)[C@H](C(C)C)NC(=O)[C@H](CC(C)C)N(C)C(=O)[C@@H]1C. The zero-order valence-electron chi connectivity index (χ0n) is 29.5. The molecule has 1 aliphatic heterocycles. The average molecular weight is 670 g/mol. The third-order valence-electron chi connectivity index (χ3n) is 8.42. The fraction of sp³-hybridized carbons (Fsp3) is 0.818. The molecule has 0 unspecified atom stereocenters. The zero-order chi connectivity index (χ0) is 35.8. The quantitative estimate of drug-likeness (QED) is 0.128.